The van der Waals surface area contributed by atoms with Crippen LogP contribution in [0.15, 0.2) is 41.1 Å². The molecule has 1 N–H and O–H groups in total. The van der Waals surface area contributed by atoms with Gasteiger partial charge in [-0.3, -0.25) is 4.79 Å². The molecule has 1 aliphatic heterocycles. The van der Waals surface area contributed by atoms with Gasteiger partial charge in [-0.05, 0) is 77.7 Å². The van der Waals surface area contributed by atoms with Gasteiger partial charge in [-0.15, -0.1) is 0 Å². The Morgan fingerprint density at radius 3 is 2.81 bits per heavy atom. The number of carbonyl (C=O) groups is 1. The van der Waals surface area contributed by atoms with Crippen LogP contribution in [0.1, 0.15) is 49.7 Å². The highest BCUT2D eigenvalue weighted by molar-refractivity contribution is 7.07. The third-order valence-electron chi connectivity index (χ3n) is 6.29. The Hall–Kier alpha value is -1.72. The first-order valence-corrected chi connectivity index (χ1v) is 10.8. The molecule has 2 fully saturated rings. The summed E-state index contributed by atoms with van der Waals surface area (Å²) >= 11 is 1.67. The van der Waals surface area contributed by atoms with E-state index in [0.29, 0.717) is 30.0 Å². The Bertz CT molecular complexity index is 785. The minimum absolute atomic E-state index is 0.119. The number of benzene rings is 1. The van der Waals surface area contributed by atoms with Gasteiger partial charge in [-0.25, -0.2) is 4.39 Å². The fourth-order valence-electron chi connectivity index (χ4n) is 4.54. The van der Waals surface area contributed by atoms with Crippen LogP contribution >= 0.6 is 11.3 Å². The Balaban J connectivity index is 1.50. The molecule has 1 saturated heterocycles. The monoisotopic (exact) mass is 386 g/mol. The van der Waals surface area contributed by atoms with Gasteiger partial charge in [0.1, 0.15) is 5.82 Å². The zero-order chi connectivity index (χ0) is 18.9. The van der Waals surface area contributed by atoms with Crippen LogP contribution in [-0.4, -0.2) is 29.9 Å². The highest BCUT2D eigenvalue weighted by Crippen LogP contribution is 2.56. The van der Waals surface area contributed by atoms with E-state index in [9.17, 15) is 9.18 Å². The van der Waals surface area contributed by atoms with Crippen LogP contribution in [-0.2, 0) is 11.3 Å². The number of nitrogens with one attached hydrogen (secondary N) is 1. The van der Waals surface area contributed by atoms with Crippen molar-refractivity contribution < 1.29 is 9.18 Å². The quantitative estimate of drug-likeness (QED) is 0.790. The predicted octanol–water partition coefficient (Wildman–Crippen LogP) is 4.55. The van der Waals surface area contributed by atoms with Crippen molar-refractivity contribution >= 4 is 17.2 Å². The van der Waals surface area contributed by atoms with E-state index in [0.717, 1.165) is 32.4 Å². The first-order chi connectivity index (χ1) is 13.1. The van der Waals surface area contributed by atoms with Gasteiger partial charge in [0.15, 0.2) is 0 Å². The van der Waals surface area contributed by atoms with E-state index in [4.69, 9.17) is 0 Å². The smallest absolute Gasteiger partial charge is 0.223 e. The summed E-state index contributed by atoms with van der Waals surface area (Å²) in [5, 5.41) is 7.62. The van der Waals surface area contributed by atoms with Crippen LogP contribution in [0.3, 0.4) is 0 Å². The second-order valence-electron chi connectivity index (χ2n) is 8.11. The molecule has 1 spiro atoms. The van der Waals surface area contributed by atoms with E-state index in [-0.39, 0.29) is 17.6 Å². The van der Waals surface area contributed by atoms with Crippen molar-refractivity contribution in [2.75, 3.05) is 13.1 Å². The second-order valence-corrected chi connectivity index (χ2v) is 8.89. The Kier molecular flexibility index (Phi) is 5.33. The molecule has 1 amide bonds. The predicted molar refractivity (Wildman–Crippen MR) is 107 cm³/mol. The first kappa shape index (κ1) is 18.6. The molecule has 1 aliphatic carbocycles. The first-order valence-electron chi connectivity index (χ1n) is 9.85. The van der Waals surface area contributed by atoms with Gasteiger partial charge in [0.2, 0.25) is 5.91 Å². The van der Waals surface area contributed by atoms with Crippen LogP contribution < -0.4 is 5.32 Å². The summed E-state index contributed by atoms with van der Waals surface area (Å²) < 4.78 is 14.1. The lowest BCUT2D eigenvalue weighted by atomic mass is 9.93. The number of piperidine rings is 1. The Morgan fingerprint density at radius 2 is 2.11 bits per heavy atom. The number of hydrogen-bond donors (Lipinski definition) is 1. The largest absolute Gasteiger partial charge is 0.335 e. The summed E-state index contributed by atoms with van der Waals surface area (Å²) in [6.45, 7) is 4.71. The molecule has 2 aromatic rings. The van der Waals surface area contributed by atoms with E-state index >= 15 is 0 Å². The zero-order valence-corrected chi connectivity index (χ0v) is 16.6. The van der Waals surface area contributed by atoms with Crippen molar-refractivity contribution in [3.63, 3.8) is 0 Å². The van der Waals surface area contributed by atoms with Gasteiger partial charge >= 0.3 is 0 Å². The SMILES string of the molecule is CC(CC(=O)N(Cc1ccsc1)C1CC12CCNCC2)c1ccccc1F. The molecule has 144 valence electrons. The topological polar surface area (TPSA) is 32.3 Å². The highest BCUT2D eigenvalue weighted by Gasteiger charge is 2.57. The van der Waals surface area contributed by atoms with Crippen molar-refractivity contribution in [2.24, 2.45) is 5.41 Å². The summed E-state index contributed by atoms with van der Waals surface area (Å²) in [6, 6.07) is 9.24. The van der Waals surface area contributed by atoms with Crippen molar-refractivity contribution in [1.82, 2.24) is 10.2 Å². The van der Waals surface area contributed by atoms with Crippen LogP contribution in [0.4, 0.5) is 4.39 Å². The molecular formula is C22H27FN2OS. The maximum Gasteiger partial charge on any atom is 0.223 e. The fraction of sp³-hybridized carbons (Fsp3) is 0.500. The summed E-state index contributed by atoms with van der Waals surface area (Å²) in [5.74, 6) is -0.188. The Morgan fingerprint density at radius 1 is 1.33 bits per heavy atom. The van der Waals surface area contributed by atoms with Crippen LogP contribution in [0.25, 0.3) is 0 Å². The summed E-state index contributed by atoms with van der Waals surface area (Å²) in [4.78, 5) is 15.4. The fourth-order valence-corrected chi connectivity index (χ4v) is 5.20. The van der Waals surface area contributed by atoms with Gasteiger partial charge in [-0.1, -0.05) is 25.1 Å². The van der Waals surface area contributed by atoms with Gasteiger partial charge in [-0.2, -0.15) is 11.3 Å². The van der Waals surface area contributed by atoms with Gasteiger partial charge in [0.05, 0.1) is 0 Å². The average molecular weight is 387 g/mol. The number of thiophene rings is 1. The molecule has 1 aromatic carbocycles. The van der Waals surface area contributed by atoms with Crippen molar-refractivity contribution in [3.05, 3.63) is 58.0 Å². The second kappa shape index (κ2) is 7.72. The van der Waals surface area contributed by atoms with Gasteiger partial charge in [0, 0.05) is 19.0 Å². The van der Waals surface area contributed by atoms with Crippen LogP contribution in [0, 0.1) is 11.2 Å². The van der Waals surface area contributed by atoms with E-state index in [1.54, 1.807) is 23.5 Å². The molecule has 3 nitrogen and oxygen atoms in total. The summed E-state index contributed by atoms with van der Waals surface area (Å²) in [6.07, 6.45) is 3.76. The zero-order valence-electron chi connectivity index (χ0n) is 15.8. The van der Waals surface area contributed by atoms with E-state index < -0.39 is 0 Å². The molecule has 2 aliphatic rings. The Labute approximate surface area is 164 Å². The third kappa shape index (κ3) is 3.94. The molecule has 1 saturated carbocycles. The minimum Gasteiger partial charge on any atom is -0.335 e. The molecule has 27 heavy (non-hydrogen) atoms. The molecule has 1 aromatic heterocycles. The number of amides is 1. The molecule has 2 unspecified atom stereocenters. The average Bonchev–Trinajstić information content (AvgIpc) is 3.10. The lowest BCUT2D eigenvalue weighted by Crippen LogP contribution is -2.39. The minimum atomic E-state index is -0.219. The van der Waals surface area contributed by atoms with Crippen molar-refractivity contribution in [3.8, 4) is 0 Å². The number of halogens is 1. The number of carbonyl (C=O) groups excluding carboxylic acids is 1. The standard InChI is InChI=1S/C22H27FN2OS/c1-16(18-4-2-3-5-19(18)23)12-21(26)25(14-17-6-11-27-15-17)20-13-22(20)7-9-24-10-8-22/h2-6,11,15-16,20,24H,7-10,12-14H2,1H3. The maximum absolute atomic E-state index is 14.1. The van der Waals surface area contributed by atoms with Crippen molar-refractivity contribution in [2.45, 2.75) is 51.1 Å². The van der Waals surface area contributed by atoms with Gasteiger partial charge < -0.3 is 10.2 Å². The molecule has 2 heterocycles. The summed E-state index contributed by atoms with van der Waals surface area (Å²) in [5.41, 5.74) is 2.13. The van der Waals surface area contributed by atoms with E-state index in [1.807, 2.05) is 13.0 Å². The normalized spacial score (nSPS) is 21.8. The van der Waals surface area contributed by atoms with Crippen molar-refractivity contribution in [1.29, 1.82) is 0 Å². The molecule has 0 radical (unpaired) electrons. The van der Waals surface area contributed by atoms with E-state index in [2.05, 4.69) is 27.0 Å². The molecule has 0 bridgehead atoms. The molecule has 5 heteroatoms. The van der Waals surface area contributed by atoms with Crippen LogP contribution in [0.2, 0.25) is 0 Å². The lowest BCUT2D eigenvalue weighted by Gasteiger charge is -2.30. The number of nitrogens with zero attached hydrogens (tertiary/aromatic N) is 1. The lowest BCUT2D eigenvalue weighted by molar-refractivity contribution is -0.133. The molecule has 2 atom stereocenters. The molecule has 4 rings (SSSR count). The van der Waals surface area contributed by atoms with Gasteiger partial charge in [0.25, 0.3) is 0 Å². The van der Waals surface area contributed by atoms with Crippen LogP contribution in [0.5, 0.6) is 0 Å². The number of rotatable bonds is 6. The number of hydrogen-bond acceptors (Lipinski definition) is 3. The third-order valence-corrected chi connectivity index (χ3v) is 7.02. The van der Waals surface area contributed by atoms with E-state index in [1.165, 1.54) is 11.6 Å². The molecular weight excluding hydrogens is 359 g/mol. The highest BCUT2D eigenvalue weighted by atomic mass is 32.1. The summed E-state index contributed by atoms with van der Waals surface area (Å²) in [7, 11) is 0. The maximum atomic E-state index is 14.1.